The average Bonchev–Trinajstić information content (AvgIpc) is 2.65. The number of hydrogen-bond donors (Lipinski definition) is 1. The van der Waals surface area contributed by atoms with Gasteiger partial charge in [-0.1, -0.05) is 19.1 Å². The molecule has 0 bridgehead atoms. The quantitative estimate of drug-likeness (QED) is 0.825. The van der Waals surface area contributed by atoms with Crippen LogP contribution in [0.3, 0.4) is 0 Å². The van der Waals surface area contributed by atoms with E-state index in [-0.39, 0.29) is 17.6 Å². The molecule has 0 fully saturated rings. The highest BCUT2D eigenvalue weighted by Crippen LogP contribution is 2.20. The molecule has 0 aliphatic carbocycles. The van der Waals surface area contributed by atoms with Crippen LogP contribution in [0.15, 0.2) is 42.6 Å². The van der Waals surface area contributed by atoms with Gasteiger partial charge in [0.05, 0.1) is 25.8 Å². The zero-order valence-electron chi connectivity index (χ0n) is 13.9. The van der Waals surface area contributed by atoms with Crippen molar-refractivity contribution in [3.8, 4) is 5.75 Å². The minimum absolute atomic E-state index is 0.134. The highest BCUT2D eigenvalue weighted by Gasteiger charge is 2.16. The topological polar surface area (TPSA) is 77.5 Å². The van der Waals surface area contributed by atoms with Gasteiger partial charge in [-0.25, -0.2) is 4.79 Å². The number of hydrogen-bond acceptors (Lipinski definition) is 5. The monoisotopic (exact) mass is 328 g/mol. The Hall–Kier alpha value is -2.89. The van der Waals surface area contributed by atoms with Crippen LogP contribution in [0, 0.1) is 0 Å². The lowest BCUT2D eigenvalue weighted by molar-refractivity contribution is 0.0599. The first-order chi connectivity index (χ1) is 11.6. The van der Waals surface area contributed by atoms with E-state index in [9.17, 15) is 9.59 Å². The molecule has 0 aliphatic rings. The van der Waals surface area contributed by atoms with Crippen LogP contribution in [-0.4, -0.2) is 31.1 Å². The number of ether oxygens (including phenoxy) is 2. The van der Waals surface area contributed by atoms with Crippen molar-refractivity contribution in [2.75, 3.05) is 14.2 Å². The van der Waals surface area contributed by atoms with Crippen molar-refractivity contribution in [1.29, 1.82) is 0 Å². The minimum atomic E-state index is -0.487. The molecule has 1 unspecified atom stereocenters. The largest absolute Gasteiger partial charge is 0.497 e. The predicted octanol–water partition coefficient (Wildman–Crippen LogP) is 2.76. The van der Waals surface area contributed by atoms with E-state index in [4.69, 9.17) is 4.74 Å². The molecular formula is C18H20N2O4. The number of pyridine rings is 1. The van der Waals surface area contributed by atoms with E-state index in [2.05, 4.69) is 15.0 Å². The maximum absolute atomic E-state index is 12.3. The highest BCUT2D eigenvalue weighted by atomic mass is 16.5. The van der Waals surface area contributed by atoms with E-state index < -0.39 is 5.97 Å². The third-order valence-corrected chi connectivity index (χ3v) is 3.65. The summed E-state index contributed by atoms with van der Waals surface area (Å²) in [6.45, 7) is 1.99. The van der Waals surface area contributed by atoms with Crippen molar-refractivity contribution >= 4 is 11.9 Å². The van der Waals surface area contributed by atoms with Crippen molar-refractivity contribution in [3.63, 3.8) is 0 Å². The van der Waals surface area contributed by atoms with Crippen LogP contribution in [0.2, 0.25) is 0 Å². The molecule has 1 amide bonds. The zero-order chi connectivity index (χ0) is 17.5. The lowest BCUT2D eigenvalue weighted by Crippen LogP contribution is -2.28. The minimum Gasteiger partial charge on any atom is -0.497 e. The molecule has 0 saturated heterocycles. The summed E-state index contributed by atoms with van der Waals surface area (Å²) in [6.07, 6.45) is 2.06. The van der Waals surface area contributed by atoms with Gasteiger partial charge in [0.15, 0.2) is 0 Å². The van der Waals surface area contributed by atoms with Gasteiger partial charge in [-0.2, -0.15) is 0 Å². The van der Waals surface area contributed by atoms with Gasteiger partial charge >= 0.3 is 5.97 Å². The molecule has 126 valence electrons. The standard InChI is InChI=1S/C18H20N2O4/c1-4-15(12-5-8-14(23-2)9-6-12)20-17(21)16-10-7-13(11-19-16)18(22)24-3/h5-11,15H,4H2,1-3H3,(H,20,21). The number of aromatic nitrogens is 1. The van der Waals surface area contributed by atoms with Crippen molar-refractivity contribution in [1.82, 2.24) is 10.3 Å². The van der Waals surface area contributed by atoms with Crippen LogP contribution in [0.5, 0.6) is 5.75 Å². The Balaban J connectivity index is 2.09. The third kappa shape index (κ3) is 4.10. The summed E-state index contributed by atoms with van der Waals surface area (Å²) >= 11 is 0. The molecular weight excluding hydrogens is 308 g/mol. The molecule has 1 aromatic heterocycles. The van der Waals surface area contributed by atoms with Crippen LogP contribution in [0.1, 0.15) is 45.8 Å². The van der Waals surface area contributed by atoms with Crippen LogP contribution >= 0.6 is 0 Å². The number of nitrogens with zero attached hydrogens (tertiary/aromatic N) is 1. The number of amides is 1. The van der Waals surface area contributed by atoms with E-state index in [1.807, 2.05) is 31.2 Å². The summed E-state index contributed by atoms with van der Waals surface area (Å²) in [7, 11) is 2.90. The van der Waals surface area contributed by atoms with Gasteiger partial charge in [-0.15, -0.1) is 0 Å². The van der Waals surface area contributed by atoms with E-state index in [1.165, 1.54) is 25.4 Å². The van der Waals surface area contributed by atoms with Crippen molar-refractivity contribution in [2.45, 2.75) is 19.4 Å². The number of methoxy groups -OCH3 is 2. The van der Waals surface area contributed by atoms with Crippen LogP contribution < -0.4 is 10.1 Å². The molecule has 1 N–H and O–H groups in total. The molecule has 0 radical (unpaired) electrons. The van der Waals surface area contributed by atoms with E-state index in [0.717, 1.165) is 17.7 Å². The van der Waals surface area contributed by atoms with Crippen LogP contribution in [0.4, 0.5) is 0 Å². The molecule has 6 nitrogen and oxygen atoms in total. The number of carbonyl (C=O) groups excluding carboxylic acids is 2. The number of nitrogens with one attached hydrogen (secondary N) is 1. The molecule has 2 aromatic rings. The summed E-state index contributed by atoms with van der Waals surface area (Å²) in [6, 6.07) is 10.4. The average molecular weight is 328 g/mol. The second-order valence-electron chi connectivity index (χ2n) is 5.13. The number of benzene rings is 1. The molecule has 0 aliphatic heterocycles. The fraction of sp³-hybridized carbons (Fsp3) is 0.278. The summed E-state index contributed by atoms with van der Waals surface area (Å²) < 4.78 is 9.74. The SMILES string of the molecule is CCC(NC(=O)c1ccc(C(=O)OC)cn1)c1ccc(OC)cc1. The lowest BCUT2D eigenvalue weighted by Gasteiger charge is -2.17. The first kappa shape index (κ1) is 17.5. The Morgan fingerprint density at radius 3 is 2.33 bits per heavy atom. The summed E-state index contributed by atoms with van der Waals surface area (Å²) in [5.41, 5.74) is 1.53. The molecule has 0 spiro atoms. The Bertz CT molecular complexity index is 696. The second-order valence-corrected chi connectivity index (χ2v) is 5.13. The summed E-state index contributed by atoms with van der Waals surface area (Å²) in [5, 5.41) is 2.94. The van der Waals surface area contributed by atoms with Crippen LogP contribution in [0.25, 0.3) is 0 Å². The summed E-state index contributed by atoms with van der Waals surface area (Å²) in [4.78, 5) is 27.8. The Labute approximate surface area is 140 Å². The van der Waals surface area contributed by atoms with Crippen LogP contribution in [-0.2, 0) is 4.74 Å². The maximum Gasteiger partial charge on any atom is 0.339 e. The molecule has 2 rings (SSSR count). The second kappa shape index (κ2) is 8.10. The van der Waals surface area contributed by atoms with Gasteiger partial charge in [-0.3, -0.25) is 9.78 Å². The molecule has 24 heavy (non-hydrogen) atoms. The van der Waals surface area contributed by atoms with Gasteiger partial charge in [-0.05, 0) is 36.2 Å². The number of esters is 1. The fourth-order valence-electron chi connectivity index (χ4n) is 2.26. The van der Waals surface area contributed by atoms with E-state index >= 15 is 0 Å². The van der Waals surface area contributed by atoms with Gasteiger partial charge in [0.25, 0.3) is 5.91 Å². The van der Waals surface area contributed by atoms with E-state index in [1.54, 1.807) is 7.11 Å². The molecule has 0 saturated carbocycles. The fourth-order valence-corrected chi connectivity index (χ4v) is 2.26. The predicted molar refractivity (Wildman–Crippen MR) is 89.1 cm³/mol. The number of carbonyl (C=O) groups is 2. The van der Waals surface area contributed by atoms with Crippen molar-refractivity contribution < 1.29 is 19.1 Å². The normalized spacial score (nSPS) is 11.5. The van der Waals surface area contributed by atoms with Gasteiger partial charge in [0, 0.05) is 6.20 Å². The number of rotatable bonds is 6. The molecule has 1 aromatic carbocycles. The Morgan fingerprint density at radius 1 is 1.12 bits per heavy atom. The van der Waals surface area contributed by atoms with Gasteiger partial charge in [0.1, 0.15) is 11.4 Å². The van der Waals surface area contributed by atoms with Gasteiger partial charge < -0.3 is 14.8 Å². The van der Waals surface area contributed by atoms with E-state index in [0.29, 0.717) is 5.56 Å². The highest BCUT2D eigenvalue weighted by molar-refractivity contribution is 5.94. The van der Waals surface area contributed by atoms with Crippen molar-refractivity contribution in [3.05, 3.63) is 59.4 Å². The molecule has 6 heteroatoms. The Morgan fingerprint density at radius 2 is 1.83 bits per heavy atom. The molecule has 1 heterocycles. The molecule has 1 atom stereocenters. The summed E-state index contributed by atoms with van der Waals surface area (Å²) in [5.74, 6) is -0.0202. The first-order valence-corrected chi connectivity index (χ1v) is 7.58. The maximum atomic E-state index is 12.3. The smallest absolute Gasteiger partial charge is 0.339 e. The third-order valence-electron chi connectivity index (χ3n) is 3.65. The zero-order valence-corrected chi connectivity index (χ0v) is 13.9. The Kier molecular flexibility index (Phi) is 5.89. The first-order valence-electron chi connectivity index (χ1n) is 7.58. The van der Waals surface area contributed by atoms with Gasteiger partial charge in [0.2, 0.25) is 0 Å². The lowest BCUT2D eigenvalue weighted by atomic mass is 10.0. The van der Waals surface area contributed by atoms with Crippen molar-refractivity contribution in [2.24, 2.45) is 0 Å².